The molecular formula is C19H20N4O3. The molecule has 134 valence electrons. The Morgan fingerprint density at radius 1 is 1.08 bits per heavy atom. The third-order valence-electron chi connectivity index (χ3n) is 4.85. The third-order valence-corrected chi connectivity index (χ3v) is 4.85. The van der Waals surface area contributed by atoms with Gasteiger partial charge in [-0.2, -0.15) is 0 Å². The molecule has 0 unspecified atom stereocenters. The van der Waals surface area contributed by atoms with Crippen molar-refractivity contribution in [3.8, 4) is 5.75 Å². The topological polar surface area (TPSA) is 78.7 Å². The second-order valence-corrected chi connectivity index (χ2v) is 6.54. The van der Waals surface area contributed by atoms with Crippen molar-refractivity contribution in [1.29, 1.82) is 0 Å². The van der Waals surface area contributed by atoms with Gasteiger partial charge in [0.1, 0.15) is 6.67 Å². The molecule has 2 aromatic rings. The second-order valence-electron chi connectivity index (χ2n) is 6.54. The van der Waals surface area contributed by atoms with E-state index in [0.29, 0.717) is 19.8 Å². The van der Waals surface area contributed by atoms with E-state index in [1.807, 2.05) is 17.3 Å². The molecular weight excluding hydrogens is 332 g/mol. The van der Waals surface area contributed by atoms with Crippen molar-refractivity contribution in [3.05, 3.63) is 69.9 Å². The largest absolute Gasteiger partial charge is 0.502 e. The van der Waals surface area contributed by atoms with Crippen molar-refractivity contribution in [3.63, 3.8) is 0 Å². The minimum absolute atomic E-state index is 0.0281. The summed E-state index contributed by atoms with van der Waals surface area (Å²) in [5, 5.41) is 12.2. The fourth-order valence-corrected chi connectivity index (χ4v) is 3.47. The van der Waals surface area contributed by atoms with Gasteiger partial charge in [0.2, 0.25) is 5.43 Å². The Morgan fingerprint density at radius 3 is 2.81 bits per heavy atom. The van der Waals surface area contributed by atoms with Crippen LogP contribution in [0.3, 0.4) is 0 Å². The molecule has 2 aromatic heterocycles. The summed E-state index contributed by atoms with van der Waals surface area (Å²) in [6, 6.07) is 3.27. The van der Waals surface area contributed by atoms with Crippen molar-refractivity contribution < 1.29 is 9.90 Å². The number of aryl methyl sites for hydroxylation is 1. The first kappa shape index (κ1) is 16.4. The number of carbonyl (C=O) groups excluding carboxylic acids is 1. The van der Waals surface area contributed by atoms with E-state index in [1.54, 1.807) is 22.0 Å². The van der Waals surface area contributed by atoms with Gasteiger partial charge in [-0.3, -0.25) is 24.3 Å². The van der Waals surface area contributed by atoms with E-state index in [-0.39, 0.29) is 11.6 Å². The Morgan fingerprint density at radius 2 is 1.92 bits per heavy atom. The summed E-state index contributed by atoms with van der Waals surface area (Å²) in [7, 11) is 0. The molecule has 0 aliphatic carbocycles. The lowest BCUT2D eigenvalue weighted by Crippen LogP contribution is -2.53. The summed E-state index contributed by atoms with van der Waals surface area (Å²) in [6.07, 6.45) is 12.0. The molecule has 0 saturated heterocycles. The van der Waals surface area contributed by atoms with E-state index < -0.39 is 11.2 Å². The zero-order valence-electron chi connectivity index (χ0n) is 14.3. The van der Waals surface area contributed by atoms with Gasteiger partial charge in [0.25, 0.3) is 5.91 Å². The van der Waals surface area contributed by atoms with Crippen LogP contribution in [0.2, 0.25) is 0 Å². The number of amides is 1. The molecule has 4 rings (SSSR count). The van der Waals surface area contributed by atoms with Gasteiger partial charge in [-0.05, 0) is 36.5 Å². The summed E-state index contributed by atoms with van der Waals surface area (Å²) in [6.45, 7) is 1.49. The lowest BCUT2D eigenvalue weighted by Gasteiger charge is -2.39. The van der Waals surface area contributed by atoms with E-state index >= 15 is 0 Å². The number of fused-ring (bicyclic) bond motifs is 5. The number of pyridine rings is 2. The number of carbonyl (C=O) groups is 1. The molecule has 0 radical (unpaired) electrons. The molecule has 0 aromatic carbocycles. The van der Waals surface area contributed by atoms with Crippen LogP contribution in [0.25, 0.3) is 0 Å². The maximum Gasteiger partial charge on any atom is 0.277 e. The number of nitrogens with zero attached hydrogens (tertiary/aromatic N) is 4. The maximum absolute atomic E-state index is 12.8. The quantitative estimate of drug-likeness (QED) is 0.725. The van der Waals surface area contributed by atoms with Crippen LogP contribution in [0.5, 0.6) is 5.75 Å². The monoisotopic (exact) mass is 352 g/mol. The van der Waals surface area contributed by atoms with E-state index in [1.165, 1.54) is 6.07 Å². The maximum atomic E-state index is 12.8. The normalized spacial score (nSPS) is 17.2. The number of hydrogen-bond donors (Lipinski definition) is 1. The second kappa shape index (κ2) is 6.67. The van der Waals surface area contributed by atoms with Crippen LogP contribution in [0.15, 0.2) is 47.7 Å². The SMILES string of the molecule is O=C1c2c(O)c(=O)ccn2N2Cc3ccncc3CCC=CCCN1C2. The van der Waals surface area contributed by atoms with E-state index in [0.717, 1.165) is 30.4 Å². The Bertz CT molecular complexity index is 935. The molecule has 1 amide bonds. The van der Waals surface area contributed by atoms with Crippen LogP contribution in [-0.2, 0) is 13.0 Å². The van der Waals surface area contributed by atoms with Crippen molar-refractivity contribution >= 4 is 5.91 Å². The standard InChI is InChI=1S/C19H20N4O3/c24-16-7-10-23-17(18(16)25)19(26)21-9-4-2-1-3-5-14-11-20-8-6-15(14)12-22(23)13-21/h1-2,6-8,10-11,25H,3-5,9,12-13H2. The number of aromatic hydroxyl groups is 1. The van der Waals surface area contributed by atoms with Crippen LogP contribution >= 0.6 is 0 Å². The minimum Gasteiger partial charge on any atom is -0.502 e. The molecule has 7 nitrogen and oxygen atoms in total. The van der Waals surface area contributed by atoms with Crippen molar-refractivity contribution in [1.82, 2.24) is 14.6 Å². The molecule has 7 heteroatoms. The zero-order valence-corrected chi connectivity index (χ0v) is 14.3. The number of aromatic nitrogens is 2. The Hall–Kier alpha value is -3.09. The molecule has 4 heterocycles. The number of allylic oxidation sites excluding steroid dienone is 1. The molecule has 0 spiro atoms. The summed E-state index contributed by atoms with van der Waals surface area (Å²) in [5.41, 5.74) is 1.76. The van der Waals surface area contributed by atoms with E-state index in [4.69, 9.17) is 0 Å². The minimum atomic E-state index is -0.544. The zero-order chi connectivity index (χ0) is 18.1. The van der Waals surface area contributed by atoms with Crippen molar-refractivity contribution in [2.75, 3.05) is 18.2 Å². The first-order valence-corrected chi connectivity index (χ1v) is 8.71. The van der Waals surface area contributed by atoms with Gasteiger partial charge in [0.05, 0.1) is 6.54 Å². The lowest BCUT2D eigenvalue weighted by molar-refractivity contribution is 0.0688. The molecule has 0 atom stereocenters. The molecule has 2 aliphatic heterocycles. The third kappa shape index (κ3) is 2.85. The summed E-state index contributed by atoms with van der Waals surface area (Å²) >= 11 is 0. The molecule has 1 N–H and O–H groups in total. The van der Waals surface area contributed by atoms with Gasteiger partial charge < -0.3 is 10.0 Å². The molecule has 0 saturated carbocycles. The fourth-order valence-electron chi connectivity index (χ4n) is 3.47. The predicted molar refractivity (Wildman–Crippen MR) is 96.5 cm³/mol. The highest BCUT2D eigenvalue weighted by atomic mass is 16.3. The Kier molecular flexibility index (Phi) is 4.20. The summed E-state index contributed by atoms with van der Waals surface area (Å²) in [5.74, 6) is -0.818. The Labute approximate surface area is 150 Å². The van der Waals surface area contributed by atoms with Crippen LogP contribution < -0.4 is 10.4 Å². The first-order valence-electron chi connectivity index (χ1n) is 8.71. The van der Waals surface area contributed by atoms with Crippen LogP contribution in [-0.4, -0.2) is 38.8 Å². The fraction of sp³-hybridized carbons (Fsp3) is 0.316. The highest BCUT2D eigenvalue weighted by Gasteiger charge is 2.32. The van der Waals surface area contributed by atoms with Crippen molar-refractivity contribution in [2.45, 2.75) is 25.8 Å². The molecule has 0 fully saturated rings. The average molecular weight is 352 g/mol. The lowest BCUT2D eigenvalue weighted by atomic mass is 10.0. The summed E-state index contributed by atoms with van der Waals surface area (Å²) in [4.78, 5) is 30.6. The van der Waals surface area contributed by atoms with E-state index in [9.17, 15) is 14.7 Å². The van der Waals surface area contributed by atoms with Crippen LogP contribution in [0, 0.1) is 0 Å². The first-order chi connectivity index (χ1) is 12.6. The molecule has 26 heavy (non-hydrogen) atoms. The van der Waals surface area contributed by atoms with Crippen LogP contribution in [0.4, 0.5) is 0 Å². The van der Waals surface area contributed by atoms with Gasteiger partial charge >= 0.3 is 0 Å². The van der Waals surface area contributed by atoms with Crippen molar-refractivity contribution in [2.24, 2.45) is 0 Å². The summed E-state index contributed by atoms with van der Waals surface area (Å²) < 4.78 is 1.60. The van der Waals surface area contributed by atoms with Gasteiger partial charge in [-0.25, -0.2) is 0 Å². The Balaban J connectivity index is 1.83. The smallest absolute Gasteiger partial charge is 0.277 e. The number of hydrogen-bond acceptors (Lipinski definition) is 5. The number of rotatable bonds is 0. The van der Waals surface area contributed by atoms with Gasteiger partial charge in [0, 0.05) is 31.2 Å². The molecule has 2 bridgehead atoms. The molecule has 2 aliphatic rings. The van der Waals surface area contributed by atoms with Gasteiger partial charge in [-0.1, -0.05) is 12.2 Å². The highest BCUT2D eigenvalue weighted by molar-refractivity contribution is 5.96. The highest BCUT2D eigenvalue weighted by Crippen LogP contribution is 2.22. The van der Waals surface area contributed by atoms with E-state index in [2.05, 4.69) is 17.1 Å². The van der Waals surface area contributed by atoms with Gasteiger partial charge in [0.15, 0.2) is 11.4 Å². The average Bonchev–Trinajstić information content (AvgIpc) is 2.63. The van der Waals surface area contributed by atoms with Crippen LogP contribution in [0.1, 0.15) is 34.5 Å². The predicted octanol–water partition coefficient (Wildman–Crippen LogP) is 1.39. The van der Waals surface area contributed by atoms with Gasteiger partial charge in [-0.15, -0.1) is 0 Å².